The first-order valence-electron chi connectivity index (χ1n) is 9.61. The molecule has 2 aromatic rings. The predicted octanol–water partition coefficient (Wildman–Crippen LogP) is 2.41. The number of carbonyl (C=O) groups excluding carboxylic acids is 2. The van der Waals surface area contributed by atoms with Gasteiger partial charge in [0.1, 0.15) is 5.82 Å². The highest BCUT2D eigenvalue weighted by Crippen LogP contribution is 2.17. The molecule has 1 aliphatic heterocycles. The van der Waals surface area contributed by atoms with Gasteiger partial charge in [0.25, 0.3) is 0 Å². The summed E-state index contributed by atoms with van der Waals surface area (Å²) in [5.74, 6) is 0.461. The van der Waals surface area contributed by atoms with E-state index in [4.69, 9.17) is 4.74 Å². The van der Waals surface area contributed by atoms with Crippen LogP contribution in [0.3, 0.4) is 0 Å². The molecule has 0 saturated carbocycles. The fourth-order valence-electron chi connectivity index (χ4n) is 3.19. The van der Waals surface area contributed by atoms with Crippen molar-refractivity contribution in [3.63, 3.8) is 0 Å². The molecule has 7 nitrogen and oxygen atoms in total. The number of anilines is 2. The average molecular weight is 382 g/mol. The number of aromatic nitrogens is 1. The molecule has 0 atom stereocenters. The maximum absolute atomic E-state index is 12.4. The molecular weight excluding hydrogens is 356 g/mol. The Hall–Kier alpha value is -2.93. The van der Waals surface area contributed by atoms with Crippen LogP contribution >= 0.6 is 0 Å². The normalized spacial score (nSPS) is 14.5. The highest BCUT2D eigenvalue weighted by atomic mass is 16.5. The lowest BCUT2D eigenvalue weighted by atomic mass is 10.1. The van der Waals surface area contributed by atoms with Crippen molar-refractivity contribution in [2.75, 3.05) is 49.5 Å². The molecule has 0 unspecified atom stereocenters. The number of piperazine rings is 1. The van der Waals surface area contributed by atoms with E-state index in [1.807, 2.05) is 18.2 Å². The zero-order valence-electron chi connectivity index (χ0n) is 16.1. The number of hydrogen-bond acceptors (Lipinski definition) is 6. The Balaban J connectivity index is 1.46. The molecule has 1 aromatic heterocycles. The molecule has 1 fully saturated rings. The van der Waals surface area contributed by atoms with Crippen LogP contribution in [0.4, 0.5) is 11.5 Å². The number of esters is 1. The van der Waals surface area contributed by atoms with Gasteiger partial charge in [0.15, 0.2) is 0 Å². The molecule has 148 valence electrons. The molecule has 7 heteroatoms. The molecular formula is C21H26N4O3. The molecule has 1 saturated heterocycles. The summed E-state index contributed by atoms with van der Waals surface area (Å²) in [4.78, 5) is 33.3. The van der Waals surface area contributed by atoms with E-state index in [1.165, 1.54) is 0 Å². The SMILES string of the molecule is CCOC(=O)c1ccccc1NC(=O)CCN1CCN(c2ccccn2)CC1. The molecule has 3 rings (SSSR count). The minimum Gasteiger partial charge on any atom is -0.462 e. The van der Waals surface area contributed by atoms with Gasteiger partial charge in [-0.1, -0.05) is 18.2 Å². The number of hydrogen-bond donors (Lipinski definition) is 1. The highest BCUT2D eigenvalue weighted by Gasteiger charge is 2.19. The summed E-state index contributed by atoms with van der Waals surface area (Å²) in [6.45, 7) is 6.31. The van der Waals surface area contributed by atoms with E-state index in [2.05, 4.69) is 20.1 Å². The number of nitrogens with one attached hydrogen (secondary N) is 1. The monoisotopic (exact) mass is 382 g/mol. The minimum atomic E-state index is -0.427. The van der Waals surface area contributed by atoms with Crippen LogP contribution in [0.25, 0.3) is 0 Å². The fraction of sp³-hybridized carbons (Fsp3) is 0.381. The second-order valence-corrected chi connectivity index (χ2v) is 6.58. The number of carbonyl (C=O) groups is 2. The van der Waals surface area contributed by atoms with E-state index < -0.39 is 5.97 Å². The summed E-state index contributed by atoms with van der Waals surface area (Å²) in [7, 11) is 0. The number of rotatable bonds is 7. The van der Waals surface area contributed by atoms with Crippen molar-refractivity contribution < 1.29 is 14.3 Å². The third-order valence-electron chi connectivity index (χ3n) is 4.70. The Labute approximate surface area is 165 Å². The van der Waals surface area contributed by atoms with Gasteiger partial charge in [0.2, 0.25) is 5.91 Å². The number of nitrogens with zero attached hydrogens (tertiary/aromatic N) is 3. The van der Waals surface area contributed by atoms with Crippen LogP contribution in [0.2, 0.25) is 0 Å². The molecule has 1 aliphatic rings. The lowest BCUT2D eigenvalue weighted by Crippen LogP contribution is -2.47. The minimum absolute atomic E-state index is 0.107. The molecule has 1 N–H and O–H groups in total. The van der Waals surface area contributed by atoms with Crippen molar-refractivity contribution in [1.29, 1.82) is 0 Å². The van der Waals surface area contributed by atoms with Gasteiger partial charge < -0.3 is 15.0 Å². The van der Waals surface area contributed by atoms with E-state index in [-0.39, 0.29) is 5.91 Å². The lowest BCUT2D eigenvalue weighted by Gasteiger charge is -2.35. The fourth-order valence-corrected chi connectivity index (χ4v) is 3.19. The van der Waals surface area contributed by atoms with Crippen LogP contribution in [-0.4, -0.2) is 61.1 Å². The van der Waals surface area contributed by atoms with Crippen molar-refractivity contribution in [3.05, 3.63) is 54.2 Å². The zero-order chi connectivity index (χ0) is 19.8. The Kier molecular flexibility index (Phi) is 6.97. The number of para-hydroxylation sites is 1. The maximum Gasteiger partial charge on any atom is 0.340 e. The first kappa shape index (κ1) is 19.8. The van der Waals surface area contributed by atoms with E-state index in [1.54, 1.807) is 37.4 Å². The molecule has 0 spiro atoms. The van der Waals surface area contributed by atoms with Crippen molar-refractivity contribution in [2.45, 2.75) is 13.3 Å². The second-order valence-electron chi connectivity index (χ2n) is 6.58. The molecule has 0 radical (unpaired) electrons. The molecule has 28 heavy (non-hydrogen) atoms. The Morgan fingerprint density at radius 3 is 2.54 bits per heavy atom. The van der Waals surface area contributed by atoms with Crippen LogP contribution in [0, 0.1) is 0 Å². The Morgan fingerprint density at radius 2 is 1.82 bits per heavy atom. The Morgan fingerprint density at radius 1 is 1.07 bits per heavy atom. The van der Waals surface area contributed by atoms with Gasteiger partial charge >= 0.3 is 5.97 Å². The zero-order valence-corrected chi connectivity index (χ0v) is 16.1. The molecule has 2 heterocycles. The number of amides is 1. The maximum atomic E-state index is 12.4. The third kappa shape index (κ3) is 5.29. The molecule has 0 aliphatic carbocycles. The van der Waals surface area contributed by atoms with Crippen LogP contribution in [-0.2, 0) is 9.53 Å². The summed E-state index contributed by atoms with van der Waals surface area (Å²) in [6, 6.07) is 12.8. The van der Waals surface area contributed by atoms with Gasteiger partial charge in [0.05, 0.1) is 17.9 Å². The van der Waals surface area contributed by atoms with Crippen LogP contribution < -0.4 is 10.2 Å². The summed E-state index contributed by atoms with van der Waals surface area (Å²) in [5, 5.41) is 2.84. The van der Waals surface area contributed by atoms with E-state index in [0.717, 1.165) is 32.0 Å². The smallest absolute Gasteiger partial charge is 0.340 e. The molecule has 0 bridgehead atoms. The van der Waals surface area contributed by atoms with E-state index in [9.17, 15) is 9.59 Å². The van der Waals surface area contributed by atoms with Gasteiger partial charge in [-0.15, -0.1) is 0 Å². The van der Waals surface area contributed by atoms with Gasteiger partial charge in [0, 0.05) is 45.3 Å². The standard InChI is InChI=1S/C21H26N4O3/c1-2-28-21(27)17-7-3-4-8-18(17)23-20(26)10-12-24-13-15-25(16-14-24)19-9-5-6-11-22-19/h3-9,11H,2,10,12-16H2,1H3,(H,23,26). The van der Waals surface area contributed by atoms with Crippen molar-refractivity contribution in [3.8, 4) is 0 Å². The van der Waals surface area contributed by atoms with Crippen LogP contribution in [0.5, 0.6) is 0 Å². The quantitative estimate of drug-likeness (QED) is 0.742. The van der Waals surface area contributed by atoms with Crippen LogP contribution in [0.1, 0.15) is 23.7 Å². The van der Waals surface area contributed by atoms with Gasteiger partial charge in [-0.05, 0) is 31.2 Å². The largest absolute Gasteiger partial charge is 0.462 e. The lowest BCUT2D eigenvalue weighted by molar-refractivity contribution is -0.116. The second kappa shape index (κ2) is 9.85. The van der Waals surface area contributed by atoms with Gasteiger partial charge in [-0.2, -0.15) is 0 Å². The summed E-state index contributed by atoms with van der Waals surface area (Å²) in [5.41, 5.74) is 0.868. The van der Waals surface area contributed by atoms with Crippen LogP contribution in [0.15, 0.2) is 48.7 Å². The first-order valence-corrected chi connectivity index (χ1v) is 9.61. The van der Waals surface area contributed by atoms with E-state index in [0.29, 0.717) is 30.8 Å². The van der Waals surface area contributed by atoms with Gasteiger partial charge in [-0.25, -0.2) is 9.78 Å². The van der Waals surface area contributed by atoms with Crippen molar-refractivity contribution in [2.24, 2.45) is 0 Å². The predicted molar refractivity (Wildman–Crippen MR) is 109 cm³/mol. The summed E-state index contributed by atoms with van der Waals surface area (Å²) < 4.78 is 5.04. The average Bonchev–Trinajstić information content (AvgIpc) is 2.74. The van der Waals surface area contributed by atoms with E-state index >= 15 is 0 Å². The van der Waals surface area contributed by atoms with Crippen molar-refractivity contribution >= 4 is 23.4 Å². The van der Waals surface area contributed by atoms with Gasteiger partial charge in [-0.3, -0.25) is 9.69 Å². The number of pyridine rings is 1. The number of ether oxygens (including phenoxy) is 1. The highest BCUT2D eigenvalue weighted by molar-refractivity contribution is 6.01. The topological polar surface area (TPSA) is 74.8 Å². The first-order chi connectivity index (χ1) is 13.7. The number of benzene rings is 1. The molecule has 1 amide bonds. The summed E-state index contributed by atoms with van der Waals surface area (Å²) >= 11 is 0. The Bertz CT molecular complexity index is 789. The third-order valence-corrected chi connectivity index (χ3v) is 4.70. The molecule has 1 aromatic carbocycles. The van der Waals surface area contributed by atoms with Crippen molar-refractivity contribution in [1.82, 2.24) is 9.88 Å². The summed E-state index contributed by atoms with van der Waals surface area (Å²) in [6.07, 6.45) is 2.18.